The molecule has 0 saturated heterocycles. The third-order valence-corrected chi connectivity index (χ3v) is 4.70. The molecule has 0 amide bonds. The Morgan fingerprint density at radius 1 is 1.03 bits per heavy atom. The van der Waals surface area contributed by atoms with Gasteiger partial charge in [0.25, 0.3) is 0 Å². The van der Waals surface area contributed by atoms with Gasteiger partial charge in [-0.15, -0.1) is 0 Å². The van der Waals surface area contributed by atoms with Crippen LogP contribution in [0.4, 0.5) is 17.6 Å². The standard InChI is InChI=1S/C22H25N5O2/c1-3-15(2)19(16-10-6-4-7-11-16)20(28)29-14-18-25-21(23)27-22(26-18)24-17-12-8-5-9-13-17/h4-13,15,19H,3,14H2,1-2H3,(H3,23,24,25,26,27)/t15-,19-/m1/s1. The van der Waals surface area contributed by atoms with Crippen LogP contribution in [0.5, 0.6) is 0 Å². The van der Waals surface area contributed by atoms with E-state index in [0.29, 0.717) is 11.8 Å². The lowest BCUT2D eigenvalue weighted by Gasteiger charge is -2.21. The molecule has 1 aromatic heterocycles. The van der Waals surface area contributed by atoms with Gasteiger partial charge in [-0.2, -0.15) is 15.0 Å². The fraction of sp³-hybridized carbons (Fsp3) is 0.273. The Bertz CT molecular complexity index is 934. The normalized spacial score (nSPS) is 12.8. The topological polar surface area (TPSA) is 103 Å². The van der Waals surface area contributed by atoms with Crippen molar-refractivity contribution in [1.82, 2.24) is 15.0 Å². The quantitative estimate of drug-likeness (QED) is 0.558. The van der Waals surface area contributed by atoms with Gasteiger partial charge in [0.15, 0.2) is 12.4 Å². The molecule has 3 rings (SSSR count). The van der Waals surface area contributed by atoms with Gasteiger partial charge in [0.2, 0.25) is 11.9 Å². The minimum Gasteiger partial charge on any atom is -0.457 e. The molecule has 0 aliphatic carbocycles. The van der Waals surface area contributed by atoms with Crippen molar-refractivity contribution < 1.29 is 9.53 Å². The van der Waals surface area contributed by atoms with Crippen LogP contribution >= 0.6 is 0 Å². The number of nitrogens with one attached hydrogen (secondary N) is 1. The fourth-order valence-electron chi connectivity index (χ4n) is 3.03. The van der Waals surface area contributed by atoms with E-state index in [-0.39, 0.29) is 30.4 Å². The van der Waals surface area contributed by atoms with E-state index in [1.807, 2.05) is 67.6 Å². The summed E-state index contributed by atoms with van der Waals surface area (Å²) < 4.78 is 5.55. The first-order valence-electron chi connectivity index (χ1n) is 9.61. The van der Waals surface area contributed by atoms with Crippen molar-refractivity contribution in [2.75, 3.05) is 11.1 Å². The van der Waals surface area contributed by atoms with Gasteiger partial charge in [-0.05, 0) is 23.6 Å². The average Bonchev–Trinajstić information content (AvgIpc) is 2.73. The monoisotopic (exact) mass is 391 g/mol. The van der Waals surface area contributed by atoms with E-state index in [1.54, 1.807) is 0 Å². The molecule has 0 bridgehead atoms. The predicted molar refractivity (Wildman–Crippen MR) is 112 cm³/mol. The van der Waals surface area contributed by atoms with Crippen molar-refractivity contribution in [2.45, 2.75) is 32.8 Å². The van der Waals surface area contributed by atoms with Gasteiger partial charge >= 0.3 is 5.97 Å². The van der Waals surface area contributed by atoms with Gasteiger partial charge in [-0.1, -0.05) is 68.8 Å². The van der Waals surface area contributed by atoms with Gasteiger partial charge < -0.3 is 15.8 Å². The van der Waals surface area contributed by atoms with Gasteiger partial charge in [-0.25, -0.2) is 0 Å². The Kier molecular flexibility index (Phi) is 6.73. The van der Waals surface area contributed by atoms with Crippen LogP contribution in [-0.2, 0) is 16.1 Å². The van der Waals surface area contributed by atoms with Crippen LogP contribution in [0.15, 0.2) is 60.7 Å². The number of hydrogen-bond donors (Lipinski definition) is 2. The minimum atomic E-state index is -0.345. The van der Waals surface area contributed by atoms with Crippen LogP contribution in [0.25, 0.3) is 0 Å². The summed E-state index contributed by atoms with van der Waals surface area (Å²) in [6.45, 7) is 4.03. The van der Waals surface area contributed by atoms with E-state index in [2.05, 4.69) is 27.2 Å². The molecule has 29 heavy (non-hydrogen) atoms. The minimum absolute atomic E-state index is 0.0611. The molecule has 0 aliphatic heterocycles. The first-order valence-corrected chi connectivity index (χ1v) is 9.61. The number of nitrogen functional groups attached to an aromatic ring is 1. The number of rotatable bonds is 8. The maximum absolute atomic E-state index is 12.8. The highest BCUT2D eigenvalue weighted by Crippen LogP contribution is 2.28. The molecule has 0 spiro atoms. The molecule has 3 aromatic rings. The summed E-state index contributed by atoms with van der Waals surface area (Å²) in [5, 5.41) is 3.07. The Hall–Kier alpha value is -3.48. The summed E-state index contributed by atoms with van der Waals surface area (Å²) in [6.07, 6.45) is 0.860. The van der Waals surface area contributed by atoms with E-state index >= 15 is 0 Å². The molecule has 7 heteroatoms. The molecule has 0 fully saturated rings. The molecule has 0 aliphatic rings. The number of nitrogens with two attached hydrogens (primary N) is 1. The zero-order valence-electron chi connectivity index (χ0n) is 16.6. The van der Waals surface area contributed by atoms with Crippen LogP contribution in [-0.4, -0.2) is 20.9 Å². The molecule has 1 heterocycles. The molecule has 7 nitrogen and oxygen atoms in total. The lowest BCUT2D eigenvalue weighted by Crippen LogP contribution is -2.22. The summed E-state index contributed by atoms with van der Waals surface area (Å²) in [7, 11) is 0. The van der Waals surface area contributed by atoms with E-state index in [1.165, 1.54) is 0 Å². The zero-order chi connectivity index (χ0) is 20.6. The smallest absolute Gasteiger partial charge is 0.314 e. The van der Waals surface area contributed by atoms with Crippen LogP contribution in [0.3, 0.4) is 0 Å². The fourth-order valence-corrected chi connectivity index (χ4v) is 3.03. The highest BCUT2D eigenvalue weighted by molar-refractivity contribution is 5.78. The second-order valence-corrected chi connectivity index (χ2v) is 6.81. The number of carbonyl (C=O) groups is 1. The molecule has 0 saturated carbocycles. The van der Waals surface area contributed by atoms with E-state index < -0.39 is 0 Å². The number of aromatic nitrogens is 3. The summed E-state index contributed by atoms with van der Waals surface area (Å²) >= 11 is 0. The van der Waals surface area contributed by atoms with Crippen LogP contribution < -0.4 is 11.1 Å². The molecule has 2 aromatic carbocycles. The first-order chi connectivity index (χ1) is 14.1. The van der Waals surface area contributed by atoms with Crippen molar-refractivity contribution in [3.05, 3.63) is 72.1 Å². The number of ether oxygens (including phenoxy) is 1. The van der Waals surface area contributed by atoms with Crippen molar-refractivity contribution in [2.24, 2.45) is 5.92 Å². The number of para-hydroxylation sites is 1. The van der Waals surface area contributed by atoms with E-state index in [4.69, 9.17) is 10.5 Å². The van der Waals surface area contributed by atoms with Gasteiger partial charge in [-0.3, -0.25) is 4.79 Å². The third kappa shape index (κ3) is 5.51. The number of carbonyl (C=O) groups excluding carboxylic acids is 1. The molecule has 0 unspecified atom stereocenters. The largest absolute Gasteiger partial charge is 0.457 e. The summed E-state index contributed by atoms with van der Waals surface area (Å²) in [5.74, 6) is 0.149. The third-order valence-electron chi connectivity index (χ3n) is 4.70. The summed E-state index contributed by atoms with van der Waals surface area (Å²) in [5.41, 5.74) is 7.56. The van der Waals surface area contributed by atoms with Crippen molar-refractivity contribution in [3.63, 3.8) is 0 Å². The number of esters is 1. The average molecular weight is 391 g/mol. The molecular weight excluding hydrogens is 366 g/mol. The summed E-state index contributed by atoms with van der Waals surface area (Å²) in [4.78, 5) is 25.3. The van der Waals surface area contributed by atoms with Crippen molar-refractivity contribution in [1.29, 1.82) is 0 Å². The van der Waals surface area contributed by atoms with Crippen molar-refractivity contribution in [3.8, 4) is 0 Å². The first kappa shape index (κ1) is 20.3. The maximum atomic E-state index is 12.8. The van der Waals surface area contributed by atoms with Gasteiger partial charge in [0, 0.05) is 5.69 Å². The van der Waals surface area contributed by atoms with Crippen LogP contribution in [0, 0.1) is 5.92 Å². The number of hydrogen-bond acceptors (Lipinski definition) is 7. The second-order valence-electron chi connectivity index (χ2n) is 6.81. The van der Waals surface area contributed by atoms with E-state index in [0.717, 1.165) is 17.7 Å². The Morgan fingerprint density at radius 3 is 2.34 bits per heavy atom. The SMILES string of the molecule is CC[C@@H](C)[C@@H](C(=O)OCc1nc(N)nc(Nc2ccccc2)n1)c1ccccc1. The Labute approximate surface area is 170 Å². The maximum Gasteiger partial charge on any atom is 0.314 e. The molecular formula is C22H25N5O2. The highest BCUT2D eigenvalue weighted by atomic mass is 16.5. The van der Waals surface area contributed by atoms with Gasteiger partial charge in [0.05, 0.1) is 5.92 Å². The molecule has 3 N–H and O–H groups in total. The Balaban J connectivity index is 1.71. The number of anilines is 3. The second kappa shape index (κ2) is 9.64. The highest BCUT2D eigenvalue weighted by Gasteiger charge is 2.27. The van der Waals surface area contributed by atoms with Crippen LogP contribution in [0.1, 0.15) is 37.6 Å². The molecule has 0 radical (unpaired) electrons. The summed E-state index contributed by atoms with van der Waals surface area (Å²) in [6, 6.07) is 19.1. The number of benzene rings is 2. The zero-order valence-corrected chi connectivity index (χ0v) is 16.6. The predicted octanol–water partition coefficient (Wildman–Crippen LogP) is 4.07. The van der Waals surface area contributed by atoms with E-state index in [9.17, 15) is 4.79 Å². The van der Waals surface area contributed by atoms with Gasteiger partial charge in [0.1, 0.15) is 0 Å². The Morgan fingerprint density at radius 2 is 1.69 bits per heavy atom. The van der Waals surface area contributed by atoms with Crippen molar-refractivity contribution >= 4 is 23.6 Å². The lowest BCUT2D eigenvalue weighted by atomic mass is 9.86. The van der Waals surface area contributed by atoms with Crippen LogP contribution in [0.2, 0.25) is 0 Å². The molecule has 150 valence electrons. The number of nitrogens with zero attached hydrogens (tertiary/aromatic N) is 3. The lowest BCUT2D eigenvalue weighted by molar-refractivity contribution is -0.148. The molecule has 2 atom stereocenters.